The van der Waals surface area contributed by atoms with E-state index in [9.17, 15) is 4.79 Å². The topological polar surface area (TPSA) is 67.3 Å². The standard InChI is InChI=1S/C14H22N4O2S/c1-9(2)12-16-14(21-17-12)15-11-3-6-18(13(11)19)10-4-7-20-8-5-10/h9-11H,3-8H2,1-2H3,(H,15,16,17)/t11-/m0/s1. The van der Waals surface area contributed by atoms with E-state index >= 15 is 0 Å². The summed E-state index contributed by atoms with van der Waals surface area (Å²) in [5, 5.41) is 4.01. The number of amides is 1. The van der Waals surface area contributed by atoms with E-state index in [1.54, 1.807) is 0 Å². The van der Waals surface area contributed by atoms with Gasteiger partial charge in [0, 0.05) is 43.3 Å². The largest absolute Gasteiger partial charge is 0.381 e. The van der Waals surface area contributed by atoms with Gasteiger partial charge >= 0.3 is 0 Å². The summed E-state index contributed by atoms with van der Waals surface area (Å²) >= 11 is 1.34. The van der Waals surface area contributed by atoms with Crippen molar-refractivity contribution in [3.63, 3.8) is 0 Å². The average molecular weight is 310 g/mol. The van der Waals surface area contributed by atoms with Crippen LogP contribution in [0.15, 0.2) is 0 Å². The third-order valence-corrected chi connectivity index (χ3v) is 4.79. The van der Waals surface area contributed by atoms with Gasteiger partial charge in [-0.2, -0.15) is 4.37 Å². The molecule has 3 heterocycles. The van der Waals surface area contributed by atoms with E-state index < -0.39 is 0 Å². The summed E-state index contributed by atoms with van der Waals surface area (Å²) < 4.78 is 9.69. The lowest BCUT2D eigenvalue weighted by Gasteiger charge is -2.31. The number of anilines is 1. The molecule has 2 aliphatic heterocycles. The number of carbonyl (C=O) groups is 1. The van der Waals surface area contributed by atoms with Crippen LogP contribution < -0.4 is 5.32 Å². The fourth-order valence-electron chi connectivity index (χ4n) is 2.87. The highest BCUT2D eigenvalue weighted by Crippen LogP contribution is 2.25. The third-order valence-electron chi connectivity index (χ3n) is 4.13. The van der Waals surface area contributed by atoms with Crippen LogP contribution in [-0.2, 0) is 9.53 Å². The second-order valence-corrected chi connectivity index (χ2v) is 6.73. The first-order chi connectivity index (χ1) is 10.1. The minimum absolute atomic E-state index is 0.152. The van der Waals surface area contributed by atoms with Gasteiger partial charge in [-0.25, -0.2) is 4.98 Å². The first-order valence-electron chi connectivity index (χ1n) is 7.63. The molecule has 1 aromatic heterocycles. The number of nitrogens with zero attached hydrogens (tertiary/aromatic N) is 3. The van der Waals surface area contributed by atoms with Gasteiger partial charge in [0.15, 0.2) is 0 Å². The highest BCUT2D eigenvalue weighted by molar-refractivity contribution is 7.09. The molecule has 0 saturated carbocycles. The van der Waals surface area contributed by atoms with Crippen molar-refractivity contribution >= 4 is 22.6 Å². The Labute approximate surface area is 129 Å². The van der Waals surface area contributed by atoms with Gasteiger partial charge < -0.3 is 15.0 Å². The van der Waals surface area contributed by atoms with Crippen LogP contribution in [0.25, 0.3) is 0 Å². The molecular formula is C14H22N4O2S. The van der Waals surface area contributed by atoms with Crippen LogP contribution in [0.3, 0.4) is 0 Å². The summed E-state index contributed by atoms with van der Waals surface area (Å²) in [6.45, 7) is 6.50. The summed E-state index contributed by atoms with van der Waals surface area (Å²) in [4.78, 5) is 19.0. The molecule has 0 aromatic carbocycles. The van der Waals surface area contributed by atoms with E-state index in [0.29, 0.717) is 12.0 Å². The monoisotopic (exact) mass is 310 g/mol. The lowest BCUT2D eigenvalue weighted by atomic mass is 10.1. The summed E-state index contributed by atoms with van der Waals surface area (Å²) in [6.07, 6.45) is 2.75. The number of hydrogen-bond acceptors (Lipinski definition) is 6. The molecule has 6 nitrogen and oxygen atoms in total. The van der Waals surface area contributed by atoms with E-state index in [4.69, 9.17) is 4.74 Å². The van der Waals surface area contributed by atoms with Crippen molar-refractivity contribution in [3.05, 3.63) is 5.82 Å². The van der Waals surface area contributed by atoms with Gasteiger partial charge in [0.05, 0.1) is 0 Å². The number of ether oxygens (including phenoxy) is 1. The molecule has 1 amide bonds. The molecule has 3 rings (SSSR count). The van der Waals surface area contributed by atoms with Gasteiger partial charge in [0.2, 0.25) is 11.0 Å². The molecule has 2 aliphatic rings. The Kier molecular flexibility index (Phi) is 4.40. The zero-order valence-corrected chi connectivity index (χ0v) is 13.4. The van der Waals surface area contributed by atoms with Crippen molar-refractivity contribution < 1.29 is 9.53 Å². The van der Waals surface area contributed by atoms with Gasteiger partial charge in [0.1, 0.15) is 11.9 Å². The maximum absolute atomic E-state index is 12.5. The Balaban J connectivity index is 1.60. The molecule has 2 saturated heterocycles. The molecule has 0 aliphatic carbocycles. The Morgan fingerprint density at radius 3 is 2.76 bits per heavy atom. The van der Waals surface area contributed by atoms with E-state index in [2.05, 4.69) is 28.5 Å². The van der Waals surface area contributed by atoms with Crippen molar-refractivity contribution in [2.24, 2.45) is 0 Å². The van der Waals surface area contributed by atoms with E-state index in [0.717, 1.165) is 50.0 Å². The third kappa shape index (κ3) is 3.18. The quantitative estimate of drug-likeness (QED) is 0.919. The van der Waals surface area contributed by atoms with E-state index in [1.807, 2.05) is 4.90 Å². The maximum atomic E-state index is 12.5. The number of carbonyl (C=O) groups excluding carboxylic acids is 1. The molecule has 2 fully saturated rings. The summed E-state index contributed by atoms with van der Waals surface area (Å²) in [7, 11) is 0. The Morgan fingerprint density at radius 2 is 2.10 bits per heavy atom. The van der Waals surface area contributed by atoms with Crippen LogP contribution in [0, 0.1) is 0 Å². The molecule has 1 aromatic rings. The number of hydrogen-bond donors (Lipinski definition) is 1. The minimum Gasteiger partial charge on any atom is -0.381 e. The molecule has 1 N–H and O–H groups in total. The number of rotatable bonds is 4. The molecule has 1 atom stereocenters. The maximum Gasteiger partial charge on any atom is 0.245 e. The van der Waals surface area contributed by atoms with Crippen LogP contribution >= 0.6 is 11.5 Å². The van der Waals surface area contributed by atoms with Crippen LogP contribution in [0.4, 0.5) is 5.13 Å². The van der Waals surface area contributed by atoms with Crippen LogP contribution in [0.5, 0.6) is 0 Å². The highest BCUT2D eigenvalue weighted by atomic mass is 32.1. The van der Waals surface area contributed by atoms with Crippen molar-refractivity contribution in [3.8, 4) is 0 Å². The Morgan fingerprint density at radius 1 is 1.33 bits per heavy atom. The predicted molar refractivity (Wildman–Crippen MR) is 81.6 cm³/mol. The molecule has 0 bridgehead atoms. The lowest BCUT2D eigenvalue weighted by Crippen LogP contribution is -2.43. The zero-order valence-electron chi connectivity index (χ0n) is 12.5. The molecule has 0 unspecified atom stereocenters. The number of likely N-dealkylation sites (tertiary alicyclic amines) is 1. The molecule has 0 radical (unpaired) electrons. The van der Waals surface area contributed by atoms with Crippen molar-refractivity contribution in [1.29, 1.82) is 0 Å². The predicted octanol–water partition coefficient (Wildman–Crippen LogP) is 1.85. The normalized spacial score (nSPS) is 24.0. The molecule has 0 spiro atoms. The highest BCUT2D eigenvalue weighted by Gasteiger charge is 2.36. The molecule has 7 heteroatoms. The molecule has 116 valence electrons. The van der Waals surface area contributed by atoms with Crippen LogP contribution in [0.1, 0.15) is 44.9 Å². The summed E-state index contributed by atoms with van der Waals surface area (Å²) in [6, 6.07) is 0.194. The van der Waals surface area contributed by atoms with Crippen LogP contribution in [-0.4, -0.2) is 52.0 Å². The summed E-state index contributed by atoms with van der Waals surface area (Å²) in [5.41, 5.74) is 0. The zero-order chi connectivity index (χ0) is 14.8. The number of nitrogens with one attached hydrogen (secondary N) is 1. The number of aromatic nitrogens is 2. The van der Waals surface area contributed by atoms with Crippen molar-refractivity contribution in [1.82, 2.24) is 14.3 Å². The summed E-state index contributed by atoms with van der Waals surface area (Å²) in [5.74, 6) is 1.35. The SMILES string of the molecule is CC(C)c1nsc(N[C@H]2CCN(C3CCOCC3)C2=O)n1. The molecular weight excluding hydrogens is 288 g/mol. The first kappa shape index (κ1) is 14.7. The van der Waals surface area contributed by atoms with Crippen molar-refractivity contribution in [2.45, 2.75) is 51.1 Å². The second-order valence-electron chi connectivity index (χ2n) is 5.97. The smallest absolute Gasteiger partial charge is 0.245 e. The average Bonchev–Trinajstić information content (AvgIpc) is 3.09. The fourth-order valence-corrected chi connectivity index (χ4v) is 3.63. The van der Waals surface area contributed by atoms with E-state index in [-0.39, 0.29) is 11.9 Å². The van der Waals surface area contributed by atoms with Gasteiger partial charge in [-0.1, -0.05) is 13.8 Å². The van der Waals surface area contributed by atoms with Gasteiger partial charge in [-0.3, -0.25) is 4.79 Å². The molecule has 21 heavy (non-hydrogen) atoms. The van der Waals surface area contributed by atoms with Gasteiger partial charge in [-0.15, -0.1) is 0 Å². The lowest BCUT2D eigenvalue weighted by molar-refractivity contribution is -0.131. The van der Waals surface area contributed by atoms with Crippen molar-refractivity contribution in [2.75, 3.05) is 25.1 Å². The fraction of sp³-hybridized carbons (Fsp3) is 0.786. The van der Waals surface area contributed by atoms with E-state index in [1.165, 1.54) is 11.5 Å². The Hall–Kier alpha value is -1.21. The van der Waals surface area contributed by atoms with Gasteiger partial charge in [0.25, 0.3) is 0 Å². The first-order valence-corrected chi connectivity index (χ1v) is 8.41. The minimum atomic E-state index is -0.152. The van der Waals surface area contributed by atoms with Crippen LogP contribution in [0.2, 0.25) is 0 Å². The van der Waals surface area contributed by atoms with Gasteiger partial charge in [-0.05, 0) is 19.3 Å². The second kappa shape index (κ2) is 6.27. The Bertz CT molecular complexity index is 499.